The Bertz CT molecular complexity index is 436. The van der Waals surface area contributed by atoms with Crippen LogP contribution in [0.5, 0.6) is 11.5 Å². The maximum Gasteiger partial charge on any atom is 0.119 e. The second-order valence-electron chi connectivity index (χ2n) is 6.23. The summed E-state index contributed by atoms with van der Waals surface area (Å²) in [7, 11) is 1.67. The molecule has 1 atom stereocenters. The smallest absolute Gasteiger partial charge is 0.119 e. The maximum atomic E-state index is 5.88. The molecule has 3 rings (SSSR count). The van der Waals surface area contributed by atoms with E-state index in [1.54, 1.807) is 7.11 Å². The molecular formula is C17H25NO3. The van der Waals surface area contributed by atoms with Crippen LogP contribution in [0.15, 0.2) is 24.3 Å². The number of rotatable bonds is 8. The minimum Gasteiger partial charge on any atom is -0.497 e. The second-order valence-corrected chi connectivity index (χ2v) is 6.23. The van der Waals surface area contributed by atoms with Gasteiger partial charge in [-0.25, -0.2) is 0 Å². The van der Waals surface area contributed by atoms with E-state index in [2.05, 4.69) is 5.32 Å². The van der Waals surface area contributed by atoms with Crippen LogP contribution in [0.1, 0.15) is 25.7 Å². The van der Waals surface area contributed by atoms with E-state index in [4.69, 9.17) is 14.2 Å². The van der Waals surface area contributed by atoms with Crippen LogP contribution >= 0.6 is 0 Å². The Morgan fingerprint density at radius 2 is 2.00 bits per heavy atom. The summed E-state index contributed by atoms with van der Waals surface area (Å²) in [5.74, 6) is 1.76. The molecule has 1 aromatic rings. The molecule has 1 heterocycles. The van der Waals surface area contributed by atoms with Crippen LogP contribution in [-0.2, 0) is 4.74 Å². The topological polar surface area (TPSA) is 39.7 Å². The van der Waals surface area contributed by atoms with E-state index in [1.807, 2.05) is 24.3 Å². The SMILES string of the molecule is COc1ccc(OCCC2(CNC3CC3)CCOC2)cc1. The quantitative estimate of drug-likeness (QED) is 0.799. The van der Waals surface area contributed by atoms with Gasteiger partial charge < -0.3 is 19.5 Å². The summed E-state index contributed by atoms with van der Waals surface area (Å²) in [6.45, 7) is 3.54. The molecule has 0 aromatic heterocycles. The largest absolute Gasteiger partial charge is 0.497 e. The second kappa shape index (κ2) is 6.67. The van der Waals surface area contributed by atoms with Crippen LogP contribution in [-0.4, -0.2) is 39.5 Å². The summed E-state index contributed by atoms with van der Waals surface area (Å²) in [5.41, 5.74) is 0.259. The van der Waals surface area contributed by atoms with Crippen molar-refractivity contribution >= 4 is 0 Å². The van der Waals surface area contributed by atoms with Crippen molar-refractivity contribution in [3.05, 3.63) is 24.3 Å². The highest BCUT2D eigenvalue weighted by atomic mass is 16.5. The first-order valence-corrected chi connectivity index (χ1v) is 7.88. The van der Waals surface area contributed by atoms with Gasteiger partial charge in [-0.05, 0) is 49.9 Å². The van der Waals surface area contributed by atoms with Gasteiger partial charge >= 0.3 is 0 Å². The van der Waals surface area contributed by atoms with E-state index in [9.17, 15) is 0 Å². The predicted molar refractivity (Wildman–Crippen MR) is 82.0 cm³/mol. The van der Waals surface area contributed by atoms with Crippen molar-refractivity contribution in [1.29, 1.82) is 0 Å². The highest BCUT2D eigenvalue weighted by Crippen LogP contribution is 2.33. The number of nitrogens with one attached hydrogen (secondary N) is 1. The van der Waals surface area contributed by atoms with E-state index in [1.165, 1.54) is 12.8 Å². The summed E-state index contributed by atoms with van der Waals surface area (Å²) >= 11 is 0. The molecule has 0 radical (unpaired) electrons. The molecule has 2 fully saturated rings. The van der Waals surface area contributed by atoms with Gasteiger partial charge in [0, 0.05) is 24.6 Å². The fourth-order valence-corrected chi connectivity index (χ4v) is 2.78. The molecule has 0 spiro atoms. The number of hydrogen-bond acceptors (Lipinski definition) is 4. The van der Waals surface area contributed by atoms with Gasteiger partial charge in [0.1, 0.15) is 11.5 Å². The minimum absolute atomic E-state index is 0.259. The first kappa shape index (κ1) is 14.7. The van der Waals surface area contributed by atoms with Crippen LogP contribution in [0.3, 0.4) is 0 Å². The van der Waals surface area contributed by atoms with Crippen LogP contribution in [0, 0.1) is 5.41 Å². The third kappa shape index (κ3) is 4.11. The lowest BCUT2D eigenvalue weighted by Crippen LogP contribution is -2.37. The third-order valence-corrected chi connectivity index (χ3v) is 4.49. The van der Waals surface area contributed by atoms with Gasteiger partial charge in [-0.1, -0.05) is 0 Å². The summed E-state index contributed by atoms with van der Waals surface area (Å²) in [6.07, 6.45) is 4.84. The summed E-state index contributed by atoms with van der Waals surface area (Å²) in [6, 6.07) is 8.53. The standard InChI is InChI=1S/C17H25NO3/c1-19-15-4-6-16(7-5-15)21-11-9-17(8-10-20-13-17)12-18-14-2-3-14/h4-7,14,18H,2-3,8-13H2,1H3. The molecule has 0 bridgehead atoms. The number of methoxy groups -OCH3 is 1. The minimum atomic E-state index is 0.259. The molecule has 1 aromatic carbocycles. The molecule has 1 aliphatic heterocycles. The number of ether oxygens (including phenoxy) is 3. The average molecular weight is 291 g/mol. The molecule has 4 nitrogen and oxygen atoms in total. The van der Waals surface area contributed by atoms with Gasteiger partial charge in [-0.15, -0.1) is 0 Å². The highest BCUT2D eigenvalue weighted by Gasteiger charge is 2.36. The van der Waals surface area contributed by atoms with Gasteiger partial charge in [0.2, 0.25) is 0 Å². The van der Waals surface area contributed by atoms with E-state index < -0.39 is 0 Å². The molecule has 1 aliphatic carbocycles. The van der Waals surface area contributed by atoms with Crippen molar-refractivity contribution < 1.29 is 14.2 Å². The maximum absolute atomic E-state index is 5.88. The average Bonchev–Trinajstić information content (AvgIpc) is 3.25. The molecule has 4 heteroatoms. The first-order chi connectivity index (χ1) is 10.3. The zero-order valence-electron chi connectivity index (χ0n) is 12.8. The van der Waals surface area contributed by atoms with E-state index >= 15 is 0 Å². The zero-order valence-corrected chi connectivity index (χ0v) is 12.8. The first-order valence-electron chi connectivity index (χ1n) is 7.88. The zero-order chi connectivity index (χ0) is 14.5. The molecule has 1 saturated carbocycles. The Morgan fingerprint density at radius 1 is 1.24 bits per heavy atom. The van der Waals surface area contributed by atoms with Crippen LogP contribution < -0.4 is 14.8 Å². The van der Waals surface area contributed by atoms with Crippen molar-refractivity contribution in [2.75, 3.05) is 33.5 Å². The Labute approximate surface area is 126 Å². The Kier molecular flexibility index (Phi) is 4.66. The van der Waals surface area contributed by atoms with Crippen molar-refractivity contribution in [2.24, 2.45) is 5.41 Å². The van der Waals surface area contributed by atoms with Crippen LogP contribution in [0.25, 0.3) is 0 Å². The fourth-order valence-electron chi connectivity index (χ4n) is 2.78. The van der Waals surface area contributed by atoms with Gasteiger partial charge in [0.05, 0.1) is 20.3 Å². The fraction of sp³-hybridized carbons (Fsp3) is 0.647. The lowest BCUT2D eigenvalue weighted by atomic mass is 9.84. The van der Waals surface area contributed by atoms with E-state index in [0.717, 1.165) is 56.7 Å². The summed E-state index contributed by atoms with van der Waals surface area (Å²) < 4.78 is 16.7. The molecule has 116 valence electrons. The van der Waals surface area contributed by atoms with Gasteiger partial charge in [0.15, 0.2) is 0 Å². The van der Waals surface area contributed by atoms with E-state index in [0.29, 0.717) is 0 Å². The van der Waals surface area contributed by atoms with Crippen LogP contribution in [0.2, 0.25) is 0 Å². The van der Waals surface area contributed by atoms with Gasteiger partial charge in [-0.2, -0.15) is 0 Å². The third-order valence-electron chi connectivity index (χ3n) is 4.49. The van der Waals surface area contributed by atoms with Crippen molar-refractivity contribution in [1.82, 2.24) is 5.32 Å². The normalized spacial score (nSPS) is 25.0. The molecule has 2 aliphatic rings. The van der Waals surface area contributed by atoms with Crippen molar-refractivity contribution in [3.8, 4) is 11.5 Å². The van der Waals surface area contributed by atoms with E-state index in [-0.39, 0.29) is 5.41 Å². The molecule has 1 saturated heterocycles. The molecule has 0 amide bonds. The van der Waals surface area contributed by atoms with Gasteiger partial charge in [-0.3, -0.25) is 0 Å². The predicted octanol–water partition coefficient (Wildman–Crippen LogP) is 2.62. The molecule has 1 unspecified atom stereocenters. The van der Waals surface area contributed by atoms with Crippen molar-refractivity contribution in [2.45, 2.75) is 31.7 Å². The Balaban J connectivity index is 1.46. The summed E-state index contributed by atoms with van der Waals surface area (Å²) in [5, 5.41) is 3.65. The molecular weight excluding hydrogens is 266 g/mol. The Morgan fingerprint density at radius 3 is 2.62 bits per heavy atom. The lowest BCUT2D eigenvalue weighted by molar-refractivity contribution is 0.128. The molecule has 21 heavy (non-hydrogen) atoms. The van der Waals surface area contributed by atoms with Gasteiger partial charge in [0.25, 0.3) is 0 Å². The lowest BCUT2D eigenvalue weighted by Gasteiger charge is -2.27. The van der Waals surface area contributed by atoms with Crippen LogP contribution in [0.4, 0.5) is 0 Å². The molecule has 1 N–H and O–H groups in total. The Hall–Kier alpha value is -1.26. The highest BCUT2D eigenvalue weighted by molar-refractivity contribution is 5.31. The number of benzene rings is 1. The van der Waals surface area contributed by atoms with Crippen molar-refractivity contribution in [3.63, 3.8) is 0 Å². The monoisotopic (exact) mass is 291 g/mol. The summed E-state index contributed by atoms with van der Waals surface area (Å²) in [4.78, 5) is 0. The number of hydrogen-bond donors (Lipinski definition) is 1.